The number of carboxylic acids is 1. The third kappa shape index (κ3) is 3.67. The van der Waals surface area contributed by atoms with Gasteiger partial charge in [-0.2, -0.15) is 0 Å². The van der Waals surface area contributed by atoms with Gasteiger partial charge in [0, 0.05) is 13.7 Å². The highest BCUT2D eigenvalue weighted by atomic mass is 16.5. The molecule has 0 spiro atoms. The summed E-state index contributed by atoms with van der Waals surface area (Å²) in [5.74, 6) is -0.860. The number of amides is 1. The summed E-state index contributed by atoms with van der Waals surface area (Å²) in [7, 11) is 1.39. The SMILES string of the molecule is CCC1CCC(NC(=O)C(CN)OC)(C(=O)O)CC1. The van der Waals surface area contributed by atoms with Crippen molar-refractivity contribution in [3.8, 4) is 0 Å². The van der Waals surface area contributed by atoms with Crippen molar-refractivity contribution in [1.82, 2.24) is 5.32 Å². The lowest BCUT2D eigenvalue weighted by molar-refractivity contribution is -0.151. The van der Waals surface area contributed by atoms with Gasteiger partial charge in [0.1, 0.15) is 11.6 Å². The van der Waals surface area contributed by atoms with Crippen LogP contribution in [0, 0.1) is 5.92 Å². The fourth-order valence-electron chi connectivity index (χ4n) is 2.60. The molecule has 1 aliphatic carbocycles. The van der Waals surface area contributed by atoms with Gasteiger partial charge in [-0.25, -0.2) is 4.79 Å². The number of carbonyl (C=O) groups is 2. The van der Waals surface area contributed by atoms with Crippen LogP contribution < -0.4 is 11.1 Å². The average Bonchev–Trinajstić information content (AvgIpc) is 2.40. The van der Waals surface area contributed by atoms with E-state index in [0.29, 0.717) is 18.8 Å². The van der Waals surface area contributed by atoms with Gasteiger partial charge in [-0.3, -0.25) is 4.79 Å². The third-order valence-electron chi connectivity index (χ3n) is 4.10. The standard InChI is InChI=1S/C13H24N2O4/c1-3-9-4-6-13(7-5-9,12(17)18)15-11(16)10(8-14)19-2/h9-10H,3-8,14H2,1-2H3,(H,15,16)(H,17,18). The number of hydrogen-bond acceptors (Lipinski definition) is 4. The molecular formula is C13H24N2O4. The van der Waals surface area contributed by atoms with Gasteiger partial charge in [0.15, 0.2) is 0 Å². The summed E-state index contributed by atoms with van der Waals surface area (Å²) in [5, 5.41) is 12.1. The Balaban J connectivity index is 2.74. The van der Waals surface area contributed by atoms with Gasteiger partial charge in [-0.1, -0.05) is 13.3 Å². The summed E-state index contributed by atoms with van der Waals surface area (Å²) < 4.78 is 4.94. The number of nitrogens with two attached hydrogens (primary N) is 1. The van der Waals surface area contributed by atoms with Crippen molar-refractivity contribution in [3.05, 3.63) is 0 Å². The zero-order valence-corrected chi connectivity index (χ0v) is 11.6. The van der Waals surface area contributed by atoms with Crippen LogP contribution in [0.5, 0.6) is 0 Å². The normalized spacial score (nSPS) is 28.7. The highest BCUT2D eigenvalue weighted by Crippen LogP contribution is 2.34. The van der Waals surface area contributed by atoms with E-state index in [1.54, 1.807) is 0 Å². The molecule has 19 heavy (non-hydrogen) atoms. The first kappa shape index (κ1) is 15.9. The Labute approximate surface area is 113 Å². The van der Waals surface area contributed by atoms with Gasteiger partial charge in [0.25, 0.3) is 5.91 Å². The Morgan fingerprint density at radius 1 is 1.47 bits per heavy atom. The first-order chi connectivity index (χ1) is 8.99. The molecule has 1 fully saturated rings. The van der Waals surface area contributed by atoms with Crippen molar-refractivity contribution in [2.75, 3.05) is 13.7 Å². The molecule has 0 aromatic carbocycles. The van der Waals surface area contributed by atoms with E-state index < -0.39 is 23.5 Å². The molecule has 1 rings (SSSR count). The first-order valence-corrected chi connectivity index (χ1v) is 6.77. The van der Waals surface area contributed by atoms with E-state index >= 15 is 0 Å². The second kappa shape index (κ2) is 6.86. The van der Waals surface area contributed by atoms with Crippen molar-refractivity contribution in [1.29, 1.82) is 0 Å². The number of aliphatic carboxylic acids is 1. The second-order valence-corrected chi connectivity index (χ2v) is 5.19. The molecule has 4 N–H and O–H groups in total. The van der Waals surface area contributed by atoms with Crippen LogP contribution in [-0.2, 0) is 14.3 Å². The van der Waals surface area contributed by atoms with Gasteiger partial charge in [0.05, 0.1) is 0 Å². The predicted molar refractivity (Wildman–Crippen MR) is 70.6 cm³/mol. The average molecular weight is 272 g/mol. The fourth-order valence-corrected chi connectivity index (χ4v) is 2.60. The number of rotatable bonds is 6. The topological polar surface area (TPSA) is 102 Å². The Bertz CT molecular complexity index is 321. The maximum Gasteiger partial charge on any atom is 0.329 e. The van der Waals surface area contributed by atoms with Crippen LogP contribution in [0.1, 0.15) is 39.0 Å². The summed E-state index contributed by atoms with van der Waals surface area (Å²) in [4.78, 5) is 23.5. The third-order valence-corrected chi connectivity index (χ3v) is 4.10. The maximum absolute atomic E-state index is 12.0. The van der Waals surface area contributed by atoms with E-state index in [0.717, 1.165) is 19.3 Å². The molecule has 0 aromatic heterocycles. The lowest BCUT2D eigenvalue weighted by Crippen LogP contribution is -2.59. The minimum atomic E-state index is -1.16. The van der Waals surface area contributed by atoms with Gasteiger partial charge in [-0.15, -0.1) is 0 Å². The van der Waals surface area contributed by atoms with Crippen LogP contribution >= 0.6 is 0 Å². The zero-order valence-electron chi connectivity index (χ0n) is 11.6. The predicted octanol–water partition coefficient (Wildman–Crippen LogP) is 0.500. The monoisotopic (exact) mass is 272 g/mol. The molecule has 0 heterocycles. The van der Waals surface area contributed by atoms with Crippen LogP contribution in [0.15, 0.2) is 0 Å². The number of nitrogens with one attached hydrogen (secondary N) is 1. The maximum atomic E-state index is 12.0. The van der Waals surface area contributed by atoms with Crippen LogP contribution in [0.2, 0.25) is 0 Å². The number of ether oxygens (including phenoxy) is 1. The molecule has 0 aliphatic heterocycles. The first-order valence-electron chi connectivity index (χ1n) is 6.77. The number of hydrogen-bond donors (Lipinski definition) is 3. The lowest BCUT2D eigenvalue weighted by Gasteiger charge is -2.37. The molecule has 6 heteroatoms. The minimum absolute atomic E-state index is 0.0373. The molecule has 1 unspecified atom stereocenters. The van der Waals surface area contributed by atoms with Crippen molar-refractivity contribution in [2.24, 2.45) is 11.7 Å². The van der Waals surface area contributed by atoms with Crippen molar-refractivity contribution in [2.45, 2.75) is 50.7 Å². The summed E-state index contributed by atoms with van der Waals surface area (Å²) >= 11 is 0. The van der Waals surface area contributed by atoms with Gasteiger partial charge >= 0.3 is 5.97 Å². The van der Waals surface area contributed by atoms with E-state index in [1.807, 2.05) is 0 Å². The van der Waals surface area contributed by atoms with E-state index in [-0.39, 0.29) is 6.54 Å². The Hall–Kier alpha value is -1.14. The molecule has 110 valence electrons. The number of carbonyl (C=O) groups excluding carboxylic acids is 1. The molecule has 6 nitrogen and oxygen atoms in total. The van der Waals surface area contributed by atoms with Crippen molar-refractivity contribution < 1.29 is 19.4 Å². The summed E-state index contributed by atoms with van der Waals surface area (Å²) in [6, 6.07) is 0. The molecule has 1 aliphatic rings. The van der Waals surface area contributed by atoms with Crippen LogP contribution in [0.3, 0.4) is 0 Å². The molecule has 0 aromatic rings. The molecule has 1 atom stereocenters. The Morgan fingerprint density at radius 3 is 2.42 bits per heavy atom. The summed E-state index contributed by atoms with van der Waals surface area (Å²) in [6.45, 7) is 2.14. The quantitative estimate of drug-likeness (QED) is 0.653. The largest absolute Gasteiger partial charge is 0.480 e. The molecule has 0 bridgehead atoms. The second-order valence-electron chi connectivity index (χ2n) is 5.19. The molecule has 0 saturated heterocycles. The zero-order chi connectivity index (χ0) is 14.5. The van der Waals surface area contributed by atoms with E-state index in [1.165, 1.54) is 7.11 Å². The molecule has 1 saturated carbocycles. The Morgan fingerprint density at radius 2 is 2.05 bits per heavy atom. The summed E-state index contributed by atoms with van der Waals surface area (Å²) in [5.41, 5.74) is 4.26. The van der Waals surface area contributed by atoms with Gasteiger partial charge in [-0.05, 0) is 31.6 Å². The fraction of sp³-hybridized carbons (Fsp3) is 0.846. The minimum Gasteiger partial charge on any atom is -0.480 e. The number of carboxylic acid groups (broad SMARTS) is 1. The number of methoxy groups -OCH3 is 1. The van der Waals surface area contributed by atoms with Crippen molar-refractivity contribution in [3.63, 3.8) is 0 Å². The molecule has 1 amide bonds. The van der Waals surface area contributed by atoms with Crippen LogP contribution in [-0.4, -0.2) is 42.3 Å². The van der Waals surface area contributed by atoms with E-state index in [2.05, 4.69) is 12.2 Å². The highest BCUT2D eigenvalue weighted by Gasteiger charge is 2.43. The van der Waals surface area contributed by atoms with Crippen LogP contribution in [0.25, 0.3) is 0 Å². The smallest absolute Gasteiger partial charge is 0.329 e. The Kier molecular flexibility index (Phi) is 5.75. The van der Waals surface area contributed by atoms with E-state index in [4.69, 9.17) is 10.5 Å². The molecular weight excluding hydrogens is 248 g/mol. The highest BCUT2D eigenvalue weighted by molar-refractivity contribution is 5.89. The van der Waals surface area contributed by atoms with Gasteiger partial charge < -0.3 is 20.9 Å². The summed E-state index contributed by atoms with van der Waals surface area (Å²) in [6.07, 6.45) is 2.83. The molecule has 0 radical (unpaired) electrons. The van der Waals surface area contributed by atoms with Gasteiger partial charge in [0.2, 0.25) is 0 Å². The van der Waals surface area contributed by atoms with E-state index in [9.17, 15) is 14.7 Å². The van der Waals surface area contributed by atoms with Crippen LogP contribution in [0.4, 0.5) is 0 Å². The lowest BCUT2D eigenvalue weighted by atomic mass is 9.75. The van der Waals surface area contributed by atoms with Crippen molar-refractivity contribution >= 4 is 11.9 Å².